The van der Waals surface area contributed by atoms with Gasteiger partial charge in [-0.15, -0.1) is 0 Å². The molecule has 16 heavy (non-hydrogen) atoms. The lowest BCUT2D eigenvalue weighted by Gasteiger charge is -2.01. The average molecular weight is 259 g/mol. The third kappa shape index (κ3) is 3.08. The van der Waals surface area contributed by atoms with Crippen molar-refractivity contribution in [2.24, 2.45) is 0 Å². The van der Waals surface area contributed by atoms with Crippen LogP contribution < -0.4 is 0 Å². The van der Waals surface area contributed by atoms with Crippen LogP contribution in [0.2, 0.25) is 10.0 Å². The largest absolute Gasteiger partial charge is 0.466 e. The second-order valence-corrected chi connectivity index (χ2v) is 3.69. The van der Waals surface area contributed by atoms with Gasteiger partial charge in [-0.25, -0.2) is 4.79 Å². The molecule has 0 heterocycles. The van der Waals surface area contributed by atoms with E-state index < -0.39 is 5.97 Å². The molecule has 0 N–H and O–H groups in total. The summed E-state index contributed by atoms with van der Waals surface area (Å²) in [6.45, 7) is 0. The van der Waals surface area contributed by atoms with Crippen LogP contribution in [0.3, 0.4) is 0 Å². The molecule has 0 saturated carbocycles. The third-order valence-electron chi connectivity index (χ3n) is 1.83. The smallest absolute Gasteiger partial charge is 0.330 e. The summed E-state index contributed by atoms with van der Waals surface area (Å²) in [5, 5.41) is 0.485. The van der Waals surface area contributed by atoms with Gasteiger partial charge in [-0.2, -0.15) is 0 Å². The second kappa shape index (κ2) is 5.68. The minimum Gasteiger partial charge on any atom is -0.466 e. The standard InChI is InChI=1S/C11H8Cl2O3/c1-16-11(15)3-2-7-4-9(12)8(6-14)10(13)5-7/h2-6H,1H3/b3-2+. The number of hydrogen-bond acceptors (Lipinski definition) is 3. The number of carbonyl (C=O) groups is 2. The Morgan fingerprint density at radius 1 is 1.31 bits per heavy atom. The van der Waals surface area contributed by atoms with E-state index in [1.807, 2.05) is 0 Å². The lowest BCUT2D eigenvalue weighted by atomic mass is 10.1. The summed E-state index contributed by atoms with van der Waals surface area (Å²) in [6, 6.07) is 3.08. The zero-order valence-electron chi connectivity index (χ0n) is 8.37. The summed E-state index contributed by atoms with van der Waals surface area (Å²) in [4.78, 5) is 21.5. The van der Waals surface area contributed by atoms with Gasteiger partial charge in [0.1, 0.15) is 0 Å². The van der Waals surface area contributed by atoms with Crippen LogP contribution in [0.15, 0.2) is 18.2 Å². The van der Waals surface area contributed by atoms with E-state index in [1.54, 1.807) is 0 Å². The first-order valence-electron chi connectivity index (χ1n) is 4.28. The van der Waals surface area contributed by atoms with Gasteiger partial charge in [0.2, 0.25) is 0 Å². The van der Waals surface area contributed by atoms with Gasteiger partial charge >= 0.3 is 5.97 Å². The Morgan fingerprint density at radius 3 is 2.31 bits per heavy atom. The van der Waals surface area contributed by atoms with Crippen molar-refractivity contribution in [3.05, 3.63) is 39.4 Å². The number of benzene rings is 1. The molecule has 1 rings (SSSR count). The van der Waals surface area contributed by atoms with Gasteiger partial charge in [0, 0.05) is 6.08 Å². The molecule has 0 aliphatic carbocycles. The van der Waals surface area contributed by atoms with Gasteiger partial charge in [0.25, 0.3) is 0 Å². The molecule has 0 spiro atoms. The normalized spacial score (nSPS) is 10.4. The van der Waals surface area contributed by atoms with Crippen molar-refractivity contribution >= 4 is 41.5 Å². The number of rotatable bonds is 3. The van der Waals surface area contributed by atoms with E-state index >= 15 is 0 Å². The van der Waals surface area contributed by atoms with E-state index in [4.69, 9.17) is 23.2 Å². The van der Waals surface area contributed by atoms with Crippen LogP contribution in [0.25, 0.3) is 6.08 Å². The summed E-state index contributed by atoms with van der Waals surface area (Å²) in [5.41, 5.74) is 0.851. The fourth-order valence-electron chi connectivity index (χ4n) is 1.05. The highest BCUT2D eigenvalue weighted by atomic mass is 35.5. The number of esters is 1. The monoisotopic (exact) mass is 258 g/mol. The van der Waals surface area contributed by atoms with Crippen LogP contribution in [-0.2, 0) is 9.53 Å². The maximum atomic E-state index is 10.8. The lowest BCUT2D eigenvalue weighted by Crippen LogP contribution is -1.93. The van der Waals surface area contributed by atoms with E-state index in [2.05, 4.69) is 4.74 Å². The summed E-state index contributed by atoms with van der Waals surface area (Å²) in [5.74, 6) is -0.480. The van der Waals surface area contributed by atoms with Crippen molar-refractivity contribution in [3.63, 3.8) is 0 Å². The van der Waals surface area contributed by atoms with Crippen LogP contribution in [0.1, 0.15) is 15.9 Å². The highest BCUT2D eigenvalue weighted by molar-refractivity contribution is 6.38. The zero-order valence-corrected chi connectivity index (χ0v) is 9.88. The zero-order chi connectivity index (χ0) is 12.1. The third-order valence-corrected chi connectivity index (χ3v) is 2.46. The van der Waals surface area contributed by atoms with Crippen molar-refractivity contribution in [2.75, 3.05) is 7.11 Å². The van der Waals surface area contributed by atoms with E-state index in [1.165, 1.54) is 31.4 Å². The molecule has 5 heteroatoms. The predicted molar refractivity (Wildman–Crippen MR) is 62.9 cm³/mol. The molecule has 1 aromatic carbocycles. The first-order valence-corrected chi connectivity index (χ1v) is 5.04. The number of hydrogen-bond donors (Lipinski definition) is 0. The highest BCUT2D eigenvalue weighted by Gasteiger charge is 2.06. The van der Waals surface area contributed by atoms with Gasteiger partial charge in [0.05, 0.1) is 22.7 Å². The van der Waals surface area contributed by atoms with Gasteiger partial charge in [-0.05, 0) is 23.8 Å². The molecule has 0 aliphatic rings. The van der Waals surface area contributed by atoms with Gasteiger partial charge in [-0.1, -0.05) is 23.2 Å². The molecule has 0 bridgehead atoms. The molecule has 3 nitrogen and oxygen atoms in total. The van der Waals surface area contributed by atoms with E-state index in [0.717, 1.165) is 0 Å². The Labute approximate surface area is 103 Å². The van der Waals surface area contributed by atoms with E-state index in [-0.39, 0.29) is 15.6 Å². The molecule has 84 valence electrons. The van der Waals surface area contributed by atoms with Gasteiger partial charge in [-0.3, -0.25) is 4.79 Å². The summed E-state index contributed by atoms with van der Waals surface area (Å²) in [6.07, 6.45) is 3.32. The molecule has 0 atom stereocenters. The van der Waals surface area contributed by atoms with Gasteiger partial charge in [0.15, 0.2) is 6.29 Å². The van der Waals surface area contributed by atoms with Crippen LogP contribution in [-0.4, -0.2) is 19.4 Å². The van der Waals surface area contributed by atoms with Crippen molar-refractivity contribution in [2.45, 2.75) is 0 Å². The molecule has 0 unspecified atom stereocenters. The molecule has 0 amide bonds. The molecule has 0 aromatic heterocycles. The first-order chi connectivity index (χ1) is 7.58. The number of halogens is 2. The maximum Gasteiger partial charge on any atom is 0.330 e. The van der Waals surface area contributed by atoms with Crippen LogP contribution in [0.5, 0.6) is 0 Å². The Balaban J connectivity index is 3.05. The summed E-state index contributed by atoms with van der Waals surface area (Å²) < 4.78 is 4.43. The van der Waals surface area contributed by atoms with Gasteiger partial charge < -0.3 is 4.74 Å². The molecular formula is C11H8Cl2O3. The molecule has 0 aliphatic heterocycles. The fraction of sp³-hybridized carbons (Fsp3) is 0.0909. The fourth-order valence-corrected chi connectivity index (χ4v) is 1.64. The molecule has 0 radical (unpaired) electrons. The number of aldehydes is 1. The second-order valence-electron chi connectivity index (χ2n) is 2.87. The number of methoxy groups -OCH3 is 1. The Bertz CT molecular complexity index is 430. The minimum atomic E-state index is -0.480. The van der Waals surface area contributed by atoms with Crippen molar-refractivity contribution in [3.8, 4) is 0 Å². The lowest BCUT2D eigenvalue weighted by molar-refractivity contribution is -0.134. The summed E-state index contributed by atoms with van der Waals surface area (Å²) in [7, 11) is 1.28. The van der Waals surface area contributed by atoms with Crippen LogP contribution in [0, 0.1) is 0 Å². The molecular weight excluding hydrogens is 251 g/mol. The quantitative estimate of drug-likeness (QED) is 0.476. The molecule has 0 fully saturated rings. The van der Waals surface area contributed by atoms with Crippen molar-refractivity contribution in [1.82, 2.24) is 0 Å². The van der Waals surface area contributed by atoms with E-state index in [9.17, 15) is 9.59 Å². The number of ether oxygens (including phenoxy) is 1. The topological polar surface area (TPSA) is 43.4 Å². The maximum absolute atomic E-state index is 10.8. The number of carbonyl (C=O) groups excluding carboxylic acids is 2. The summed E-state index contributed by atoms with van der Waals surface area (Å²) >= 11 is 11.6. The molecule has 0 saturated heterocycles. The molecule has 1 aromatic rings. The Morgan fingerprint density at radius 2 is 1.88 bits per heavy atom. The van der Waals surface area contributed by atoms with Crippen LogP contribution in [0.4, 0.5) is 0 Å². The minimum absolute atomic E-state index is 0.235. The SMILES string of the molecule is COC(=O)/C=C/c1cc(Cl)c(C=O)c(Cl)c1. The first kappa shape index (κ1) is 12.7. The Hall–Kier alpha value is -1.32. The van der Waals surface area contributed by atoms with Crippen molar-refractivity contribution in [1.29, 1.82) is 0 Å². The predicted octanol–water partition coefficient (Wildman–Crippen LogP) is 2.99. The van der Waals surface area contributed by atoms with Crippen molar-refractivity contribution < 1.29 is 14.3 Å². The average Bonchev–Trinajstić information content (AvgIpc) is 2.25. The Kier molecular flexibility index (Phi) is 4.52. The highest BCUT2D eigenvalue weighted by Crippen LogP contribution is 2.25. The van der Waals surface area contributed by atoms with E-state index in [0.29, 0.717) is 11.8 Å². The van der Waals surface area contributed by atoms with Crippen LogP contribution >= 0.6 is 23.2 Å².